The summed E-state index contributed by atoms with van der Waals surface area (Å²) in [5.74, 6) is -4.30. The van der Waals surface area contributed by atoms with Gasteiger partial charge in [-0.3, -0.25) is 0 Å². The quantitative estimate of drug-likeness (QED) is 0.886. The molecule has 3 atom stereocenters. The second-order valence-electron chi connectivity index (χ2n) is 5.62. The van der Waals surface area contributed by atoms with E-state index in [1.807, 2.05) is 0 Å². The molecule has 3 rings (SSSR count). The summed E-state index contributed by atoms with van der Waals surface area (Å²) in [6.45, 7) is -0.255. The highest BCUT2D eigenvalue weighted by Crippen LogP contribution is 2.67. The SMILES string of the molecule is NS(=O)(=O)c1sccc1C(CO)C1CC2C(C1)C2(F)F. The molecule has 20 heavy (non-hydrogen) atoms. The summed E-state index contributed by atoms with van der Waals surface area (Å²) >= 11 is 0.999. The van der Waals surface area contributed by atoms with Crippen LogP contribution in [0.3, 0.4) is 0 Å². The first-order chi connectivity index (χ1) is 9.26. The number of hydrogen-bond donors (Lipinski definition) is 2. The van der Waals surface area contributed by atoms with E-state index in [0.717, 1.165) is 11.3 Å². The highest BCUT2D eigenvalue weighted by atomic mass is 32.2. The van der Waals surface area contributed by atoms with Gasteiger partial charge in [0.15, 0.2) is 0 Å². The first-order valence-corrected chi connectivity index (χ1v) is 8.78. The summed E-state index contributed by atoms with van der Waals surface area (Å²) in [5.41, 5.74) is 0.467. The van der Waals surface area contributed by atoms with Gasteiger partial charge >= 0.3 is 0 Å². The standard InChI is InChI=1S/C12H15F2NO3S2/c13-12(14)9-3-6(4-10(9)12)8(5-16)7-1-2-19-11(7)20(15,17)18/h1-2,6,8-10,16H,3-5H2,(H2,15,17,18). The minimum absolute atomic E-state index is 0.0314. The molecule has 2 aliphatic rings. The van der Waals surface area contributed by atoms with Crippen LogP contribution in [0.15, 0.2) is 15.7 Å². The number of primary sulfonamides is 1. The molecule has 2 aliphatic carbocycles. The Labute approximate surface area is 119 Å². The van der Waals surface area contributed by atoms with Crippen molar-refractivity contribution in [1.82, 2.24) is 0 Å². The molecular weight excluding hydrogens is 308 g/mol. The van der Waals surface area contributed by atoms with E-state index in [1.54, 1.807) is 11.4 Å². The maximum absolute atomic E-state index is 13.2. The van der Waals surface area contributed by atoms with Gasteiger partial charge in [-0.25, -0.2) is 22.3 Å². The largest absolute Gasteiger partial charge is 0.396 e. The monoisotopic (exact) mass is 323 g/mol. The number of hydrogen-bond acceptors (Lipinski definition) is 4. The fraction of sp³-hybridized carbons (Fsp3) is 0.667. The summed E-state index contributed by atoms with van der Waals surface area (Å²) in [4.78, 5) is 0. The molecule has 3 N–H and O–H groups in total. The fourth-order valence-electron chi connectivity index (χ4n) is 3.49. The summed E-state index contributed by atoms with van der Waals surface area (Å²) in [5, 5.41) is 16.3. The predicted octanol–water partition coefficient (Wildman–Crippen LogP) is 1.76. The number of aliphatic hydroxyl groups is 1. The second kappa shape index (κ2) is 4.46. The minimum Gasteiger partial charge on any atom is -0.396 e. The van der Waals surface area contributed by atoms with Gasteiger partial charge in [0, 0.05) is 17.8 Å². The van der Waals surface area contributed by atoms with E-state index in [-0.39, 0.29) is 16.7 Å². The molecule has 4 nitrogen and oxygen atoms in total. The lowest BCUT2D eigenvalue weighted by molar-refractivity contribution is 0.0575. The molecule has 0 bridgehead atoms. The maximum Gasteiger partial charge on any atom is 0.254 e. The number of sulfonamides is 1. The van der Waals surface area contributed by atoms with Crippen molar-refractivity contribution in [2.24, 2.45) is 22.9 Å². The van der Waals surface area contributed by atoms with Crippen molar-refractivity contribution >= 4 is 21.4 Å². The van der Waals surface area contributed by atoms with E-state index in [0.29, 0.717) is 18.4 Å². The number of halogens is 2. The van der Waals surface area contributed by atoms with Gasteiger partial charge in [-0.1, -0.05) is 0 Å². The Bertz CT molecular complexity index is 614. The Morgan fingerprint density at radius 3 is 2.55 bits per heavy atom. The molecule has 3 unspecified atom stereocenters. The van der Waals surface area contributed by atoms with Gasteiger partial charge in [0.25, 0.3) is 5.92 Å². The fourth-order valence-corrected chi connectivity index (χ4v) is 5.44. The number of thiophene rings is 1. The van der Waals surface area contributed by atoms with Crippen LogP contribution >= 0.6 is 11.3 Å². The average Bonchev–Trinajstić information content (AvgIpc) is 2.83. The lowest BCUT2D eigenvalue weighted by atomic mass is 9.84. The minimum atomic E-state index is -3.84. The maximum atomic E-state index is 13.2. The van der Waals surface area contributed by atoms with Gasteiger partial charge in [-0.05, 0) is 35.8 Å². The Hall–Kier alpha value is -0.570. The molecule has 0 radical (unpaired) electrons. The van der Waals surface area contributed by atoms with Crippen LogP contribution in [-0.2, 0) is 10.0 Å². The molecule has 8 heteroatoms. The number of nitrogens with two attached hydrogens (primary N) is 1. The second-order valence-corrected chi connectivity index (χ2v) is 8.29. The van der Waals surface area contributed by atoms with Gasteiger partial charge < -0.3 is 5.11 Å². The topological polar surface area (TPSA) is 80.4 Å². The summed E-state index contributed by atoms with van der Waals surface area (Å²) < 4.78 is 49.5. The van der Waals surface area contributed by atoms with Crippen LogP contribution in [0.25, 0.3) is 0 Å². The van der Waals surface area contributed by atoms with Crippen LogP contribution in [-0.4, -0.2) is 26.1 Å². The van der Waals surface area contributed by atoms with Crippen LogP contribution in [0.2, 0.25) is 0 Å². The molecule has 2 saturated carbocycles. The molecule has 2 fully saturated rings. The van der Waals surface area contributed by atoms with Gasteiger partial charge in [-0.15, -0.1) is 11.3 Å². The van der Waals surface area contributed by atoms with E-state index in [1.165, 1.54) is 0 Å². The van der Waals surface area contributed by atoms with E-state index in [9.17, 15) is 22.3 Å². The highest BCUT2D eigenvalue weighted by Gasteiger charge is 2.71. The van der Waals surface area contributed by atoms with E-state index < -0.39 is 33.7 Å². The summed E-state index contributed by atoms with van der Waals surface area (Å²) in [6, 6.07) is 1.62. The number of fused-ring (bicyclic) bond motifs is 1. The molecule has 0 amide bonds. The molecule has 1 heterocycles. The lowest BCUT2D eigenvalue weighted by Crippen LogP contribution is -2.21. The van der Waals surface area contributed by atoms with Crippen molar-refractivity contribution in [2.75, 3.05) is 6.61 Å². The molecule has 0 spiro atoms. The third-order valence-corrected chi connectivity index (χ3v) is 7.02. The van der Waals surface area contributed by atoms with E-state index >= 15 is 0 Å². The van der Waals surface area contributed by atoms with Crippen LogP contribution in [0, 0.1) is 17.8 Å². The predicted molar refractivity (Wildman–Crippen MR) is 70.2 cm³/mol. The molecular formula is C12H15F2NO3S2. The summed E-state index contributed by atoms with van der Waals surface area (Å²) in [6.07, 6.45) is 0.672. The van der Waals surface area contributed by atoms with Crippen molar-refractivity contribution in [3.8, 4) is 0 Å². The molecule has 1 aromatic rings. The van der Waals surface area contributed by atoms with Gasteiger partial charge in [-0.2, -0.15) is 0 Å². The van der Waals surface area contributed by atoms with Crippen LogP contribution in [0.1, 0.15) is 24.3 Å². The third-order valence-electron chi connectivity index (χ3n) is 4.56. The molecule has 1 aromatic heterocycles. The Morgan fingerprint density at radius 2 is 2.05 bits per heavy atom. The highest BCUT2D eigenvalue weighted by molar-refractivity contribution is 7.91. The van der Waals surface area contributed by atoms with Gasteiger partial charge in [0.05, 0.1) is 6.61 Å². The van der Waals surface area contributed by atoms with Crippen molar-refractivity contribution in [3.63, 3.8) is 0 Å². The van der Waals surface area contributed by atoms with Gasteiger partial charge in [0.1, 0.15) is 4.21 Å². The van der Waals surface area contributed by atoms with Crippen LogP contribution < -0.4 is 5.14 Å². The van der Waals surface area contributed by atoms with E-state index in [4.69, 9.17) is 5.14 Å². The number of rotatable bonds is 4. The van der Waals surface area contributed by atoms with Crippen molar-refractivity contribution in [1.29, 1.82) is 0 Å². The van der Waals surface area contributed by atoms with E-state index in [2.05, 4.69) is 0 Å². The average molecular weight is 323 g/mol. The van der Waals surface area contributed by atoms with Gasteiger partial charge in [0.2, 0.25) is 10.0 Å². The lowest BCUT2D eigenvalue weighted by Gasteiger charge is -2.24. The van der Waals surface area contributed by atoms with Crippen LogP contribution in [0.4, 0.5) is 8.78 Å². The summed E-state index contributed by atoms with van der Waals surface area (Å²) in [7, 11) is -3.84. The normalized spacial score (nSPS) is 32.9. The molecule has 0 aliphatic heterocycles. The number of aliphatic hydroxyl groups excluding tert-OH is 1. The molecule has 0 saturated heterocycles. The number of alkyl halides is 2. The first kappa shape index (κ1) is 14.4. The van der Waals surface area contributed by atoms with Crippen molar-refractivity contribution in [2.45, 2.75) is 28.9 Å². The zero-order chi connectivity index (χ0) is 14.7. The Kier molecular flexibility index (Phi) is 3.20. The Balaban J connectivity index is 1.84. The first-order valence-electron chi connectivity index (χ1n) is 6.35. The molecule has 0 aromatic carbocycles. The van der Waals surface area contributed by atoms with Crippen molar-refractivity contribution < 1.29 is 22.3 Å². The third kappa shape index (κ3) is 2.09. The zero-order valence-electron chi connectivity index (χ0n) is 10.5. The van der Waals surface area contributed by atoms with Crippen LogP contribution in [0.5, 0.6) is 0 Å². The molecule has 112 valence electrons. The van der Waals surface area contributed by atoms with Crippen molar-refractivity contribution in [3.05, 3.63) is 17.0 Å². The zero-order valence-corrected chi connectivity index (χ0v) is 12.1. The Morgan fingerprint density at radius 1 is 1.45 bits per heavy atom. The smallest absolute Gasteiger partial charge is 0.254 e.